The molecular weight excluding hydrogens is 369 g/mol. The van der Waals surface area contributed by atoms with Crippen LogP contribution in [0, 0.1) is 17.1 Å². The summed E-state index contributed by atoms with van der Waals surface area (Å²) < 4.78 is 17.4. The highest BCUT2D eigenvalue weighted by Gasteiger charge is 2.09. The van der Waals surface area contributed by atoms with Crippen molar-refractivity contribution in [3.8, 4) is 6.07 Å². The molecule has 2 aromatic heterocycles. The van der Waals surface area contributed by atoms with Gasteiger partial charge in [-0.05, 0) is 46.8 Å². The molecule has 29 heavy (non-hydrogen) atoms. The molecule has 2 heterocycles. The Morgan fingerprint density at radius 3 is 2.76 bits per heavy atom. The van der Waals surface area contributed by atoms with Crippen molar-refractivity contribution in [1.82, 2.24) is 14.3 Å². The second-order valence-electron chi connectivity index (χ2n) is 6.87. The van der Waals surface area contributed by atoms with Gasteiger partial charge in [0, 0.05) is 31.0 Å². The second-order valence-corrected chi connectivity index (χ2v) is 6.87. The summed E-state index contributed by atoms with van der Waals surface area (Å²) in [5.41, 5.74) is 2.73. The predicted molar refractivity (Wildman–Crippen MR) is 108 cm³/mol. The molecule has 1 N–H and O–H groups in total. The molecule has 0 saturated heterocycles. The number of hydrogen-bond donors (Lipinski definition) is 1. The molecule has 0 radical (unpaired) electrons. The smallest absolute Gasteiger partial charge is 0.229 e. The first-order valence-electron chi connectivity index (χ1n) is 9.07. The number of nitriles is 1. The van der Waals surface area contributed by atoms with Crippen molar-refractivity contribution in [1.29, 1.82) is 5.26 Å². The zero-order valence-electron chi connectivity index (χ0n) is 15.8. The molecule has 0 aliphatic rings. The summed E-state index contributed by atoms with van der Waals surface area (Å²) >= 11 is 0. The molecule has 7 heteroatoms. The molecule has 0 atom stereocenters. The summed E-state index contributed by atoms with van der Waals surface area (Å²) in [5.74, 6) is -0.277. The van der Waals surface area contributed by atoms with Crippen LogP contribution >= 0.6 is 0 Å². The number of aryl methyl sites for hydroxylation is 1. The second kappa shape index (κ2) is 7.60. The summed E-state index contributed by atoms with van der Waals surface area (Å²) in [6.45, 7) is 0.336. The fraction of sp³-hybridized carbons (Fsp3) is 0.136. The molecule has 1 amide bonds. The van der Waals surface area contributed by atoms with Crippen LogP contribution in [0.1, 0.15) is 16.7 Å². The predicted octanol–water partition coefficient (Wildman–Crippen LogP) is 3.62. The average Bonchev–Trinajstić information content (AvgIpc) is 3.28. The van der Waals surface area contributed by atoms with E-state index in [1.165, 1.54) is 12.1 Å². The van der Waals surface area contributed by atoms with Crippen LogP contribution in [0.15, 0.2) is 60.9 Å². The molecule has 2 aromatic carbocycles. The van der Waals surface area contributed by atoms with Crippen LogP contribution in [0.4, 0.5) is 10.2 Å². The number of anilines is 1. The Balaban J connectivity index is 1.39. The van der Waals surface area contributed by atoms with Gasteiger partial charge in [0.1, 0.15) is 11.9 Å². The van der Waals surface area contributed by atoms with E-state index in [4.69, 9.17) is 5.26 Å². The Kier molecular flexibility index (Phi) is 4.83. The van der Waals surface area contributed by atoms with Gasteiger partial charge in [-0.3, -0.25) is 9.48 Å². The molecule has 0 aliphatic carbocycles. The van der Waals surface area contributed by atoms with Gasteiger partial charge in [0.2, 0.25) is 5.91 Å². The maximum Gasteiger partial charge on any atom is 0.229 e. The third-order valence-electron chi connectivity index (χ3n) is 4.72. The van der Waals surface area contributed by atoms with E-state index in [9.17, 15) is 9.18 Å². The highest BCUT2D eigenvalue weighted by atomic mass is 19.1. The van der Waals surface area contributed by atoms with Crippen LogP contribution in [0.2, 0.25) is 0 Å². The van der Waals surface area contributed by atoms with Crippen LogP contribution in [-0.2, 0) is 24.8 Å². The van der Waals surface area contributed by atoms with Crippen LogP contribution in [0.3, 0.4) is 0 Å². The van der Waals surface area contributed by atoms with E-state index in [2.05, 4.69) is 10.4 Å². The molecule has 4 aromatic rings. The fourth-order valence-electron chi connectivity index (χ4n) is 3.26. The van der Waals surface area contributed by atoms with Gasteiger partial charge in [-0.25, -0.2) is 4.39 Å². The first kappa shape index (κ1) is 18.4. The number of nitrogens with one attached hydrogen (secondary N) is 1. The third kappa shape index (κ3) is 4.01. The van der Waals surface area contributed by atoms with Crippen LogP contribution in [0.25, 0.3) is 10.9 Å². The lowest BCUT2D eigenvalue weighted by atomic mass is 10.1. The summed E-state index contributed by atoms with van der Waals surface area (Å²) in [7, 11) is 1.98. The molecule has 0 bridgehead atoms. The number of carbonyl (C=O) groups is 1. The van der Waals surface area contributed by atoms with E-state index in [0.29, 0.717) is 17.9 Å². The van der Waals surface area contributed by atoms with E-state index in [-0.39, 0.29) is 17.9 Å². The van der Waals surface area contributed by atoms with Crippen LogP contribution in [-0.4, -0.2) is 20.3 Å². The van der Waals surface area contributed by atoms with E-state index >= 15 is 0 Å². The van der Waals surface area contributed by atoms with Gasteiger partial charge in [-0.1, -0.05) is 12.1 Å². The first-order valence-corrected chi connectivity index (χ1v) is 9.07. The third-order valence-corrected chi connectivity index (χ3v) is 4.72. The lowest BCUT2D eigenvalue weighted by molar-refractivity contribution is -0.115. The highest BCUT2D eigenvalue weighted by molar-refractivity contribution is 5.92. The fourth-order valence-corrected chi connectivity index (χ4v) is 3.26. The minimum absolute atomic E-state index is 0.0101. The lowest BCUT2D eigenvalue weighted by Crippen LogP contribution is -2.15. The Hall–Kier alpha value is -3.92. The number of fused-ring (bicyclic) bond motifs is 1. The number of benzene rings is 2. The van der Waals surface area contributed by atoms with Gasteiger partial charge < -0.3 is 9.88 Å². The molecule has 0 saturated carbocycles. The van der Waals surface area contributed by atoms with Crippen LogP contribution in [0.5, 0.6) is 0 Å². The number of hydrogen-bond acceptors (Lipinski definition) is 3. The molecule has 0 fully saturated rings. The number of amides is 1. The van der Waals surface area contributed by atoms with Gasteiger partial charge >= 0.3 is 0 Å². The van der Waals surface area contributed by atoms with Crippen molar-refractivity contribution in [2.75, 3.05) is 5.32 Å². The van der Waals surface area contributed by atoms with Gasteiger partial charge in [0.25, 0.3) is 0 Å². The van der Waals surface area contributed by atoms with Gasteiger partial charge in [0.05, 0.1) is 18.5 Å². The molecule has 0 unspecified atom stereocenters. The van der Waals surface area contributed by atoms with Crippen molar-refractivity contribution < 1.29 is 9.18 Å². The number of nitrogens with zero attached hydrogens (tertiary/aromatic N) is 4. The summed E-state index contributed by atoms with van der Waals surface area (Å²) in [6, 6.07) is 15.9. The maximum atomic E-state index is 13.7. The van der Waals surface area contributed by atoms with E-state index < -0.39 is 5.82 Å². The summed E-state index contributed by atoms with van der Waals surface area (Å²) in [5, 5.41) is 17.0. The quantitative estimate of drug-likeness (QED) is 0.568. The standard InChI is InChI=1S/C22H18FN5O/c1-27-8-6-17-10-15(3-5-20(17)27)12-22(29)25-21-7-9-28(26-21)14-16-2-4-18(13-24)19(23)11-16/h2-11H,12,14H2,1H3,(H,25,26,29). The van der Waals surface area contributed by atoms with Crippen molar-refractivity contribution in [2.24, 2.45) is 7.05 Å². The monoisotopic (exact) mass is 387 g/mol. The Bertz CT molecular complexity index is 1250. The first-order chi connectivity index (χ1) is 14.0. The SMILES string of the molecule is Cn1ccc2cc(CC(=O)Nc3ccn(Cc4ccc(C#N)c(F)c4)n3)ccc21. The molecule has 144 valence electrons. The minimum atomic E-state index is -0.555. The summed E-state index contributed by atoms with van der Waals surface area (Å²) in [6.07, 6.45) is 3.95. The normalized spacial score (nSPS) is 10.8. The number of aromatic nitrogens is 3. The van der Waals surface area contributed by atoms with Crippen molar-refractivity contribution in [3.63, 3.8) is 0 Å². The van der Waals surface area contributed by atoms with Crippen molar-refractivity contribution in [3.05, 3.63) is 83.4 Å². The maximum absolute atomic E-state index is 13.7. The molecule has 6 nitrogen and oxygen atoms in total. The molecule has 0 aliphatic heterocycles. The van der Waals surface area contributed by atoms with Crippen molar-refractivity contribution >= 4 is 22.6 Å². The average molecular weight is 387 g/mol. The van der Waals surface area contributed by atoms with Gasteiger partial charge in [-0.2, -0.15) is 10.4 Å². The Labute approximate surface area is 166 Å². The van der Waals surface area contributed by atoms with E-state index in [1.807, 2.05) is 42.1 Å². The van der Waals surface area contributed by atoms with E-state index in [0.717, 1.165) is 16.5 Å². The molecule has 4 rings (SSSR count). The molecular formula is C22H18FN5O. The largest absolute Gasteiger partial charge is 0.351 e. The number of rotatable bonds is 5. The zero-order chi connectivity index (χ0) is 20.4. The Morgan fingerprint density at radius 2 is 1.97 bits per heavy atom. The summed E-state index contributed by atoms with van der Waals surface area (Å²) in [4.78, 5) is 12.4. The topological polar surface area (TPSA) is 75.6 Å². The number of halogens is 1. The van der Waals surface area contributed by atoms with E-state index in [1.54, 1.807) is 29.1 Å². The van der Waals surface area contributed by atoms with Gasteiger partial charge in [-0.15, -0.1) is 0 Å². The molecule has 0 spiro atoms. The van der Waals surface area contributed by atoms with Gasteiger partial charge in [0.15, 0.2) is 5.82 Å². The zero-order valence-corrected chi connectivity index (χ0v) is 15.8. The minimum Gasteiger partial charge on any atom is -0.351 e. The highest BCUT2D eigenvalue weighted by Crippen LogP contribution is 2.17. The lowest BCUT2D eigenvalue weighted by Gasteiger charge is -2.05. The Morgan fingerprint density at radius 1 is 1.14 bits per heavy atom. The van der Waals surface area contributed by atoms with Crippen LogP contribution < -0.4 is 5.32 Å². The van der Waals surface area contributed by atoms with Crippen molar-refractivity contribution in [2.45, 2.75) is 13.0 Å². The number of carbonyl (C=O) groups excluding carboxylic acids is 1.